The van der Waals surface area contributed by atoms with Crippen molar-refractivity contribution in [3.8, 4) is 17.2 Å². The van der Waals surface area contributed by atoms with Gasteiger partial charge in [-0.05, 0) is 40.6 Å². The minimum Gasteiger partial charge on any atom is -0.493 e. The first kappa shape index (κ1) is 21.8. The average molecular weight is 459 g/mol. The zero-order chi connectivity index (χ0) is 23.5. The maximum Gasteiger partial charge on any atom is 0.254 e. The summed E-state index contributed by atoms with van der Waals surface area (Å²) < 4.78 is 16.7. The standard InChI is InChI=1S/C27H26N2O5/c1-32-23-17-19(18-24-26(23)34-16-15-33-24)9-10-25(30)28-11-13-29(14-12-28)27(31)22-8-4-6-20-5-2-3-7-21(20)22/h2-10,17-18H,11-16H2,1H3/b10-9+. The van der Waals surface area contributed by atoms with Gasteiger partial charge in [-0.2, -0.15) is 0 Å². The average Bonchev–Trinajstić information content (AvgIpc) is 2.90. The summed E-state index contributed by atoms with van der Waals surface area (Å²) in [5.41, 5.74) is 1.49. The van der Waals surface area contributed by atoms with Gasteiger partial charge in [-0.3, -0.25) is 9.59 Å². The Bertz CT molecular complexity index is 1240. The van der Waals surface area contributed by atoms with Crippen LogP contribution in [0.25, 0.3) is 16.8 Å². The number of nitrogens with zero attached hydrogens (tertiary/aromatic N) is 2. The molecule has 5 rings (SSSR count). The lowest BCUT2D eigenvalue weighted by atomic mass is 10.0. The first-order valence-corrected chi connectivity index (χ1v) is 11.4. The van der Waals surface area contributed by atoms with E-state index in [0.29, 0.717) is 62.2 Å². The number of fused-ring (bicyclic) bond motifs is 2. The molecule has 3 aromatic rings. The molecule has 0 saturated carbocycles. The maximum absolute atomic E-state index is 13.2. The Morgan fingerprint density at radius 1 is 0.912 bits per heavy atom. The Labute approximate surface area is 198 Å². The van der Waals surface area contributed by atoms with Crippen LogP contribution in [0.5, 0.6) is 17.2 Å². The predicted octanol–water partition coefficient (Wildman–Crippen LogP) is 3.62. The molecule has 34 heavy (non-hydrogen) atoms. The highest BCUT2D eigenvalue weighted by atomic mass is 16.6. The Morgan fingerprint density at radius 2 is 1.65 bits per heavy atom. The van der Waals surface area contributed by atoms with Gasteiger partial charge in [0.05, 0.1) is 7.11 Å². The van der Waals surface area contributed by atoms with Gasteiger partial charge in [0.2, 0.25) is 11.7 Å². The molecule has 0 atom stereocenters. The molecule has 2 aliphatic heterocycles. The lowest BCUT2D eigenvalue weighted by Gasteiger charge is -2.34. The van der Waals surface area contributed by atoms with Gasteiger partial charge < -0.3 is 24.0 Å². The van der Waals surface area contributed by atoms with E-state index in [4.69, 9.17) is 14.2 Å². The second kappa shape index (κ2) is 9.47. The zero-order valence-corrected chi connectivity index (χ0v) is 19.0. The topological polar surface area (TPSA) is 68.3 Å². The Kier molecular flexibility index (Phi) is 6.08. The molecule has 7 heteroatoms. The third-order valence-corrected chi connectivity index (χ3v) is 6.17. The van der Waals surface area contributed by atoms with Gasteiger partial charge in [-0.15, -0.1) is 0 Å². The van der Waals surface area contributed by atoms with Crippen LogP contribution in [-0.4, -0.2) is 68.1 Å². The number of amides is 2. The van der Waals surface area contributed by atoms with Gasteiger partial charge >= 0.3 is 0 Å². The molecule has 0 N–H and O–H groups in total. The molecule has 0 bridgehead atoms. The van der Waals surface area contributed by atoms with E-state index in [9.17, 15) is 9.59 Å². The number of rotatable bonds is 4. The molecule has 0 aliphatic carbocycles. The summed E-state index contributed by atoms with van der Waals surface area (Å²) >= 11 is 0. The number of methoxy groups -OCH3 is 1. The highest BCUT2D eigenvalue weighted by molar-refractivity contribution is 6.07. The molecule has 174 valence electrons. The van der Waals surface area contributed by atoms with Crippen molar-refractivity contribution < 1.29 is 23.8 Å². The van der Waals surface area contributed by atoms with Gasteiger partial charge in [0, 0.05) is 37.8 Å². The molecule has 2 aliphatic rings. The molecule has 7 nitrogen and oxygen atoms in total. The lowest BCUT2D eigenvalue weighted by molar-refractivity contribution is -0.127. The molecule has 0 radical (unpaired) electrons. The van der Waals surface area contributed by atoms with Crippen molar-refractivity contribution in [1.29, 1.82) is 0 Å². The van der Waals surface area contributed by atoms with Crippen LogP contribution in [-0.2, 0) is 4.79 Å². The summed E-state index contributed by atoms with van der Waals surface area (Å²) in [5, 5.41) is 1.99. The van der Waals surface area contributed by atoms with Gasteiger partial charge in [-0.1, -0.05) is 36.4 Å². The third-order valence-electron chi connectivity index (χ3n) is 6.17. The normalized spacial score (nSPS) is 15.6. The van der Waals surface area contributed by atoms with Crippen LogP contribution in [0.15, 0.2) is 60.7 Å². The van der Waals surface area contributed by atoms with Gasteiger partial charge in [0.25, 0.3) is 5.91 Å². The van der Waals surface area contributed by atoms with Crippen molar-refractivity contribution in [2.24, 2.45) is 0 Å². The van der Waals surface area contributed by atoms with Crippen molar-refractivity contribution in [1.82, 2.24) is 9.80 Å². The number of carbonyl (C=O) groups excluding carboxylic acids is 2. The van der Waals surface area contributed by atoms with E-state index in [1.165, 1.54) is 0 Å². The van der Waals surface area contributed by atoms with Crippen LogP contribution in [0.2, 0.25) is 0 Å². The van der Waals surface area contributed by atoms with Crippen LogP contribution in [0.4, 0.5) is 0 Å². The number of ether oxygens (including phenoxy) is 3. The smallest absolute Gasteiger partial charge is 0.254 e. The van der Waals surface area contributed by atoms with E-state index >= 15 is 0 Å². The van der Waals surface area contributed by atoms with Crippen molar-refractivity contribution >= 4 is 28.7 Å². The van der Waals surface area contributed by atoms with E-state index in [1.54, 1.807) is 24.2 Å². The highest BCUT2D eigenvalue weighted by Gasteiger charge is 2.25. The first-order valence-electron chi connectivity index (χ1n) is 11.4. The van der Waals surface area contributed by atoms with Gasteiger partial charge in [0.1, 0.15) is 13.2 Å². The molecule has 2 heterocycles. The summed E-state index contributed by atoms with van der Waals surface area (Å²) in [6.07, 6.45) is 3.30. The van der Waals surface area contributed by atoms with Crippen LogP contribution < -0.4 is 14.2 Å². The molecule has 2 amide bonds. The predicted molar refractivity (Wildman–Crippen MR) is 129 cm³/mol. The van der Waals surface area contributed by atoms with E-state index < -0.39 is 0 Å². The summed E-state index contributed by atoms with van der Waals surface area (Å²) in [7, 11) is 1.57. The monoisotopic (exact) mass is 458 g/mol. The minimum atomic E-state index is -0.0916. The highest BCUT2D eigenvalue weighted by Crippen LogP contribution is 2.40. The van der Waals surface area contributed by atoms with E-state index in [-0.39, 0.29) is 11.8 Å². The summed E-state index contributed by atoms with van der Waals surface area (Å²) in [6, 6.07) is 17.3. The summed E-state index contributed by atoms with van der Waals surface area (Å²) in [5.74, 6) is 1.68. The lowest BCUT2D eigenvalue weighted by Crippen LogP contribution is -2.50. The fourth-order valence-corrected chi connectivity index (χ4v) is 4.37. The van der Waals surface area contributed by atoms with Crippen LogP contribution in [0.1, 0.15) is 15.9 Å². The number of piperazine rings is 1. The molecule has 1 saturated heterocycles. The summed E-state index contributed by atoms with van der Waals surface area (Å²) in [6.45, 7) is 2.93. The zero-order valence-electron chi connectivity index (χ0n) is 19.0. The third kappa shape index (κ3) is 4.29. The molecular weight excluding hydrogens is 432 g/mol. The maximum atomic E-state index is 13.2. The number of benzene rings is 3. The molecule has 1 fully saturated rings. The number of hydrogen-bond acceptors (Lipinski definition) is 5. The quantitative estimate of drug-likeness (QED) is 0.559. The Morgan fingerprint density at radius 3 is 2.47 bits per heavy atom. The van der Waals surface area contributed by atoms with Crippen LogP contribution in [0, 0.1) is 0 Å². The largest absolute Gasteiger partial charge is 0.493 e. The van der Waals surface area contributed by atoms with Crippen molar-refractivity contribution in [3.63, 3.8) is 0 Å². The first-order chi connectivity index (χ1) is 16.6. The van der Waals surface area contributed by atoms with Crippen molar-refractivity contribution in [2.45, 2.75) is 0 Å². The summed E-state index contributed by atoms with van der Waals surface area (Å²) in [4.78, 5) is 29.5. The Hall–Kier alpha value is -4.00. The molecule has 0 aromatic heterocycles. The SMILES string of the molecule is COc1cc(/C=C/C(=O)N2CCN(C(=O)c3cccc4ccccc34)CC2)cc2c1OCCO2. The van der Waals surface area contributed by atoms with Gasteiger partial charge in [0.15, 0.2) is 11.5 Å². The van der Waals surface area contributed by atoms with E-state index in [2.05, 4.69) is 0 Å². The second-order valence-corrected chi connectivity index (χ2v) is 8.22. The molecule has 0 unspecified atom stereocenters. The van der Waals surface area contributed by atoms with Crippen molar-refractivity contribution in [2.75, 3.05) is 46.5 Å². The number of carbonyl (C=O) groups is 2. The molecule has 3 aromatic carbocycles. The fraction of sp³-hybridized carbons (Fsp3) is 0.259. The minimum absolute atomic E-state index is 0.00261. The molecular formula is C27H26N2O5. The van der Waals surface area contributed by atoms with Crippen LogP contribution in [0.3, 0.4) is 0 Å². The number of hydrogen-bond donors (Lipinski definition) is 0. The van der Waals surface area contributed by atoms with Crippen LogP contribution >= 0.6 is 0 Å². The van der Waals surface area contributed by atoms with Gasteiger partial charge in [-0.25, -0.2) is 0 Å². The van der Waals surface area contributed by atoms with Crippen molar-refractivity contribution in [3.05, 3.63) is 71.8 Å². The fourth-order valence-electron chi connectivity index (χ4n) is 4.37. The van der Waals surface area contributed by atoms with E-state index in [1.807, 2.05) is 59.5 Å². The van der Waals surface area contributed by atoms with E-state index in [0.717, 1.165) is 16.3 Å². The Balaban J connectivity index is 1.23. The molecule has 0 spiro atoms. The second-order valence-electron chi connectivity index (χ2n) is 8.22.